The number of hydrogen-bond acceptors (Lipinski definition) is 5. The van der Waals surface area contributed by atoms with Gasteiger partial charge in [-0.05, 0) is 25.8 Å². The molecule has 1 aromatic heterocycles. The molecule has 0 amide bonds. The molecule has 6 nitrogen and oxygen atoms in total. The molecule has 1 saturated heterocycles. The van der Waals surface area contributed by atoms with Crippen molar-refractivity contribution in [3.63, 3.8) is 0 Å². The lowest BCUT2D eigenvalue weighted by Gasteiger charge is -2.28. The zero-order valence-corrected chi connectivity index (χ0v) is 11.8. The first-order chi connectivity index (χ1) is 10.1. The largest absolute Gasteiger partial charge is 0.481 e. The van der Waals surface area contributed by atoms with Crippen molar-refractivity contribution in [2.24, 2.45) is 5.92 Å². The Morgan fingerprint density at radius 1 is 1.38 bits per heavy atom. The first-order valence-corrected chi connectivity index (χ1v) is 7.02. The third-order valence-corrected chi connectivity index (χ3v) is 3.81. The molecule has 0 unspecified atom stereocenters. The fraction of sp³-hybridized carbons (Fsp3) is 0.400. The van der Waals surface area contributed by atoms with Gasteiger partial charge in [0, 0.05) is 18.7 Å². The minimum absolute atomic E-state index is 0.264. The second kappa shape index (κ2) is 5.55. The molecule has 1 aromatic carbocycles. The van der Waals surface area contributed by atoms with Gasteiger partial charge in [-0.2, -0.15) is 4.98 Å². The van der Waals surface area contributed by atoms with E-state index in [0.717, 1.165) is 11.1 Å². The SMILES string of the molecule is Cc1cccc(-c2noc(N3CCC(C(=O)O)CC3)n2)c1. The minimum atomic E-state index is -0.722. The molecule has 0 radical (unpaired) electrons. The molecule has 3 rings (SSSR count). The average molecular weight is 287 g/mol. The van der Waals surface area contributed by atoms with Crippen LogP contribution < -0.4 is 4.90 Å². The minimum Gasteiger partial charge on any atom is -0.481 e. The Morgan fingerprint density at radius 3 is 2.81 bits per heavy atom. The molecule has 1 N–H and O–H groups in total. The zero-order valence-electron chi connectivity index (χ0n) is 11.8. The normalized spacial score (nSPS) is 16.1. The number of rotatable bonds is 3. The summed E-state index contributed by atoms with van der Waals surface area (Å²) in [5.41, 5.74) is 2.06. The summed E-state index contributed by atoms with van der Waals surface area (Å²) in [6, 6.07) is 8.39. The number of aromatic nitrogens is 2. The first-order valence-electron chi connectivity index (χ1n) is 7.02. The van der Waals surface area contributed by atoms with Gasteiger partial charge in [0.25, 0.3) is 0 Å². The summed E-state index contributed by atoms with van der Waals surface area (Å²) in [5.74, 6) is -0.421. The quantitative estimate of drug-likeness (QED) is 0.933. The van der Waals surface area contributed by atoms with Crippen molar-refractivity contribution in [2.75, 3.05) is 18.0 Å². The van der Waals surface area contributed by atoms with E-state index in [1.54, 1.807) is 0 Å². The van der Waals surface area contributed by atoms with Crippen LogP contribution in [0.15, 0.2) is 28.8 Å². The Hall–Kier alpha value is -2.37. The standard InChI is InChI=1S/C15H17N3O3/c1-10-3-2-4-12(9-10)13-16-15(21-17-13)18-7-5-11(6-8-18)14(19)20/h2-4,9,11H,5-8H2,1H3,(H,19,20). The number of aryl methyl sites for hydroxylation is 1. The Balaban J connectivity index is 1.73. The molecule has 21 heavy (non-hydrogen) atoms. The Morgan fingerprint density at radius 2 is 2.14 bits per heavy atom. The van der Waals surface area contributed by atoms with Crippen LogP contribution in [0.3, 0.4) is 0 Å². The summed E-state index contributed by atoms with van der Waals surface area (Å²) in [5, 5.41) is 13.0. The van der Waals surface area contributed by atoms with E-state index in [-0.39, 0.29) is 5.92 Å². The second-order valence-electron chi connectivity index (χ2n) is 5.37. The first kappa shape index (κ1) is 13.6. The number of hydrogen-bond donors (Lipinski definition) is 1. The van der Waals surface area contributed by atoms with Crippen molar-refractivity contribution in [3.8, 4) is 11.4 Å². The van der Waals surface area contributed by atoms with Crippen molar-refractivity contribution in [1.29, 1.82) is 0 Å². The molecule has 0 saturated carbocycles. The number of aliphatic carboxylic acids is 1. The van der Waals surface area contributed by atoms with Crippen LogP contribution in [0.2, 0.25) is 0 Å². The number of anilines is 1. The van der Waals surface area contributed by atoms with E-state index in [4.69, 9.17) is 9.63 Å². The average Bonchev–Trinajstić information content (AvgIpc) is 2.97. The highest BCUT2D eigenvalue weighted by Crippen LogP contribution is 2.25. The molecule has 110 valence electrons. The predicted molar refractivity (Wildman–Crippen MR) is 77.0 cm³/mol. The van der Waals surface area contributed by atoms with Gasteiger partial charge in [-0.1, -0.05) is 28.9 Å². The van der Waals surface area contributed by atoms with Gasteiger partial charge in [0.05, 0.1) is 5.92 Å². The highest BCUT2D eigenvalue weighted by atomic mass is 16.5. The van der Waals surface area contributed by atoms with Crippen molar-refractivity contribution in [3.05, 3.63) is 29.8 Å². The lowest BCUT2D eigenvalue weighted by atomic mass is 9.97. The van der Waals surface area contributed by atoms with Crippen LogP contribution in [-0.2, 0) is 4.79 Å². The van der Waals surface area contributed by atoms with E-state index in [1.165, 1.54) is 0 Å². The summed E-state index contributed by atoms with van der Waals surface area (Å²) in [6.07, 6.45) is 1.22. The van der Waals surface area contributed by atoms with Gasteiger partial charge < -0.3 is 14.5 Å². The van der Waals surface area contributed by atoms with Gasteiger partial charge >= 0.3 is 12.0 Å². The number of benzene rings is 1. The van der Waals surface area contributed by atoms with Crippen molar-refractivity contribution >= 4 is 12.0 Å². The lowest BCUT2D eigenvalue weighted by Crippen LogP contribution is -2.36. The van der Waals surface area contributed by atoms with Crippen LogP contribution >= 0.6 is 0 Å². The summed E-state index contributed by atoms with van der Waals surface area (Å²) in [7, 11) is 0. The predicted octanol–water partition coefficient (Wildman–Crippen LogP) is 2.35. The van der Waals surface area contributed by atoms with E-state index < -0.39 is 5.97 Å². The summed E-state index contributed by atoms with van der Waals surface area (Å²) in [4.78, 5) is 17.3. The number of piperidine rings is 1. The van der Waals surface area contributed by atoms with Gasteiger partial charge in [0.2, 0.25) is 5.82 Å². The number of carbonyl (C=O) groups is 1. The summed E-state index contributed by atoms with van der Waals surface area (Å²) < 4.78 is 5.31. The van der Waals surface area contributed by atoms with Gasteiger partial charge in [-0.25, -0.2) is 0 Å². The molecule has 0 spiro atoms. The van der Waals surface area contributed by atoms with Crippen LogP contribution in [0.5, 0.6) is 0 Å². The highest BCUT2D eigenvalue weighted by Gasteiger charge is 2.27. The molecule has 0 atom stereocenters. The number of nitrogens with zero attached hydrogens (tertiary/aromatic N) is 3. The third kappa shape index (κ3) is 2.89. The molecular formula is C15H17N3O3. The molecule has 1 fully saturated rings. The molecule has 6 heteroatoms. The fourth-order valence-corrected chi connectivity index (χ4v) is 2.56. The van der Waals surface area contributed by atoms with Gasteiger partial charge in [-0.3, -0.25) is 4.79 Å². The molecule has 2 heterocycles. The smallest absolute Gasteiger partial charge is 0.324 e. The van der Waals surface area contributed by atoms with E-state index >= 15 is 0 Å². The fourth-order valence-electron chi connectivity index (χ4n) is 2.56. The Labute approximate surface area is 122 Å². The van der Waals surface area contributed by atoms with Crippen LogP contribution in [0, 0.1) is 12.8 Å². The molecule has 2 aromatic rings. The zero-order chi connectivity index (χ0) is 14.8. The van der Waals surface area contributed by atoms with Crippen molar-refractivity contribution in [2.45, 2.75) is 19.8 Å². The lowest BCUT2D eigenvalue weighted by molar-refractivity contribution is -0.142. The Kier molecular flexibility index (Phi) is 3.60. The number of carboxylic acids is 1. The second-order valence-corrected chi connectivity index (χ2v) is 5.37. The Bertz CT molecular complexity index is 645. The van der Waals surface area contributed by atoms with E-state index in [9.17, 15) is 4.79 Å². The topological polar surface area (TPSA) is 79.5 Å². The third-order valence-electron chi connectivity index (χ3n) is 3.81. The maximum absolute atomic E-state index is 10.9. The van der Waals surface area contributed by atoms with Gasteiger partial charge in [-0.15, -0.1) is 0 Å². The van der Waals surface area contributed by atoms with Crippen molar-refractivity contribution < 1.29 is 14.4 Å². The van der Waals surface area contributed by atoms with Crippen LogP contribution in [-0.4, -0.2) is 34.3 Å². The highest BCUT2D eigenvalue weighted by molar-refractivity contribution is 5.70. The molecule has 1 aliphatic rings. The monoisotopic (exact) mass is 287 g/mol. The molecule has 1 aliphatic heterocycles. The summed E-state index contributed by atoms with van der Waals surface area (Å²) >= 11 is 0. The van der Waals surface area contributed by atoms with E-state index in [1.807, 2.05) is 36.1 Å². The molecular weight excluding hydrogens is 270 g/mol. The van der Waals surface area contributed by atoms with Crippen LogP contribution in [0.1, 0.15) is 18.4 Å². The van der Waals surface area contributed by atoms with Crippen LogP contribution in [0.25, 0.3) is 11.4 Å². The van der Waals surface area contributed by atoms with E-state index in [2.05, 4.69) is 10.1 Å². The molecule has 0 bridgehead atoms. The maximum atomic E-state index is 10.9. The maximum Gasteiger partial charge on any atom is 0.324 e. The molecule has 0 aliphatic carbocycles. The number of carboxylic acid groups (broad SMARTS) is 1. The van der Waals surface area contributed by atoms with Gasteiger partial charge in [0.15, 0.2) is 0 Å². The van der Waals surface area contributed by atoms with E-state index in [0.29, 0.717) is 37.8 Å². The van der Waals surface area contributed by atoms with Gasteiger partial charge in [0.1, 0.15) is 0 Å². The summed E-state index contributed by atoms with van der Waals surface area (Å²) in [6.45, 7) is 3.28. The van der Waals surface area contributed by atoms with Crippen molar-refractivity contribution in [1.82, 2.24) is 10.1 Å². The van der Waals surface area contributed by atoms with Crippen LogP contribution in [0.4, 0.5) is 6.01 Å².